The van der Waals surface area contributed by atoms with E-state index < -0.39 is 11.7 Å². The molecule has 2 rings (SSSR count). The lowest BCUT2D eigenvalue weighted by molar-refractivity contribution is -0.208. The molecule has 1 saturated carbocycles. The molecule has 2 nitrogen and oxygen atoms in total. The van der Waals surface area contributed by atoms with E-state index in [1.807, 2.05) is 20.8 Å². The molecule has 0 bridgehead atoms. The average molecular weight is 250 g/mol. The molecule has 1 heterocycles. The third-order valence-electron chi connectivity index (χ3n) is 4.09. The Bertz CT molecular complexity index is 295. The highest BCUT2D eigenvalue weighted by atomic mass is 19.4. The van der Waals surface area contributed by atoms with Crippen LogP contribution in [-0.2, 0) is 0 Å². The van der Waals surface area contributed by atoms with Crippen LogP contribution in [-0.4, -0.2) is 41.3 Å². The molecule has 1 aliphatic heterocycles. The van der Waals surface area contributed by atoms with E-state index in [1.54, 1.807) is 4.90 Å². The maximum atomic E-state index is 13.2. The van der Waals surface area contributed by atoms with Crippen molar-refractivity contribution in [3.63, 3.8) is 0 Å². The van der Waals surface area contributed by atoms with Gasteiger partial charge in [-0.3, -0.25) is 4.90 Å². The van der Waals surface area contributed by atoms with Crippen molar-refractivity contribution < 1.29 is 13.2 Å². The van der Waals surface area contributed by atoms with E-state index in [-0.39, 0.29) is 24.4 Å². The van der Waals surface area contributed by atoms with Crippen molar-refractivity contribution in [3.8, 4) is 0 Å². The number of nitrogens with zero attached hydrogens (tertiary/aromatic N) is 1. The SMILES string of the molecule is CCC1CNC(C)(C)CN1C1(C(F)(F)F)CC1. The largest absolute Gasteiger partial charge is 0.406 e. The zero-order valence-corrected chi connectivity index (χ0v) is 10.7. The molecular formula is C12H21F3N2. The highest BCUT2D eigenvalue weighted by molar-refractivity contribution is 5.13. The van der Waals surface area contributed by atoms with E-state index in [9.17, 15) is 13.2 Å². The highest BCUT2D eigenvalue weighted by Crippen LogP contribution is 2.55. The Labute approximate surface area is 101 Å². The topological polar surface area (TPSA) is 15.3 Å². The number of nitrogens with one attached hydrogen (secondary N) is 1. The summed E-state index contributed by atoms with van der Waals surface area (Å²) >= 11 is 0. The second kappa shape index (κ2) is 3.85. The summed E-state index contributed by atoms with van der Waals surface area (Å²) in [4.78, 5) is 1.71. The van der Waals surface area contributed by atoms with Gasteiger partial charge in [-0.1, -0.05) is 6.92 Å². The number of piperazine rings is 1. The minimum absolute atomic E-state index is 0.00662. The van der Waals surface area contributed by atoms with Crippen molar-refractivity contribution in [1.29, 1.82) is 0 Å². The lowest BCUT2D eigenvalue weighted by Gasteiger charge is -2.48. The maximum absolute atomic E-state index is 13.2. The summed E-state index contributed by atoms with van der Waals surface area (Å²) < 4.78 is 39.5. The van der Waals surface area contributed by atoms with Crippen molar-refractivity contribution in [3.05, 3.63) is 0 Å². The molecule has 17 heavy (non-hydrogen) atoms. The standard InChI is InChI=1S/C12H21F3N2/c1-4-9-7-16-10(2,3)8-17(9)11(5-6-11)12(13,14)15/h9,16H,4-8H2,1-3H3. The average Bonchev–Trinajstić information content (AvgIpc) is 2.95. The number of rotatable bonds is 2. The van der Waals surface area contributed by atoms with Gasteiger partial charge in [-0.25, -0.2) is 0 Å². The van der Waals surface area contributed by atoms with Crippen LogP contribution >= 0.6 is 0 Å². The first-order chi connectivity index (χ1) is 7.72. The van der Waals surface area contributed by atoms with Gasteiger partial charge in [0.25, 0.3) is 0 Å². The molecule has 0 spiro atoms. The molecule has 2 aliphatic rings. The molecule has 0 radical (unpaired) electrons. The lowest BCUT2D eigenvalue weighted by atomic mass is 9.94. The van der Waals surface area contributed by atoms with E-state index >= 15 is 0 Å². The molecule has 0 aromatic rings. The summed E-state index contributed by atoms with van der Waals surface area (Å²) in [5.41, 5.74) is -1.75. The van der Waals surface area contributed by atoms with Crippen molar-refractivity contribution in [2.24, 2.45) is 0 Å². The number of halogens is 3. The van der Waals surface area contributed by atoms with Crippen LogP contribution in [0.4, 0.5) is 13.2 Å². The third kappa shape index (κ3) is 2.19. The van der Waals surface area contributed by atoms with Crippen LogP contribution in [0.15, 0.2) is 0 Å². The molecule has 0 aromatic heterocycles. The fraction of sp³-hybridized carbons (Fsp3) is 1.00. The lowest BCUT2D eigenvalue weighted by Crippen LogP contribution is -2.67. The second-order valence-corrected chi connectivity index (χ2v) is 5.98. The maximum Gasteiger partial charge on any atom is 0.406 e. The first kappa shape index (κ1) is 13.1. The fourth-order valence-electron chi connectivity index (χ4n) is 2.83. The van der Waals surface area contributed by atoms with Crippen LogP contribution in [0.25, 0.3) is 0 Å². The minimum Gasteiger partial charge on any atom is -0.309 e. The Balaban J connectivity index is 2.22. The van der Waals surface area contributed by atoms with E-state index in [0.29, 0.717) is 13.1 Å². The summed E-state index contributed by atoms with van der Waals surface area (Å²) in [7, 11) is 0. The van der Waals surface area contributed by atoms with Gasteiger partial charge in [0.1, 0.15) is 5.54 Å². The van der Waals surface area contributed by atoms with Crippen LogP contribution in [0, 0.1) is 0 Å². The fourth-order valence-corrected chi connectivity index (χ4v) is 2.83. The van der Waals surface area contributed by atoms with Gasteiger partial charge in [0.15, 0.2) is 0 Å². The van der Waals surface area contributed by atoms with E-state index in [1.165, 1.54) is 0 Å². The van der Waals surface area contributed by atoms with Crippen molar-refractivity contribution in [2.45, 2.75) is 63.3 Å². The Kier molecular flexibility index (Phi) is 2.98. The van der Waals surface area contributed by atoms with E-state index in [0.717, 1.165) is 6.42 Å². The summed E-state index contributed by atoms with van der Waals surface area (Å²) in [5, 5.41) is 3.33. The van der Waals surface area contributed by atoms with Crippen LogP contribution in [0.1, 0.15) is 40.0 Å². The van der Waals surface area contributed by atoms with Gasteiger partial charge in [-0.15, -0.1) is 0 Å². The summed E-state index contributed by atoms with van der Waals surface area (Å²) in [5.74, 6) is 0. The van der Waals surface area contributed by atoms with E-state index in [2.05, 4.69) is 5.32 Å². The van der Waals surface area contributed by atoms with Gasteiger partial charge in [-0.05, 0) is 33.1 Å². The second-order valence-electron chi connectivity index (χ2n) is 5.98. The van der Waals surface area contributed by atoms with Crippen LogP contribution in [0.3, 0.4) is 0 Å². The Morgan fingerprint density at radius 1 is 1.29 bits per heavy atom. The smallest absolute Gasteiger partial charge is 0.309 e. The number of hydrogen-bond acceptors (Lipinski definition) is 2. The Morgan fingerprint density at radius 3 is 2.29 bits per heavy atom. The first-order valence-corrected chi connectivity index (χ1v) is 6.30. The Hall–Kier alpha value is -0.290. The number of hydrogen-bond donors (Lipinski definition) is 1. The van der Waals surface area contributed by atoms with Gasteiger partial charge < -0.3 is 5.32 Å². The normalized spacial score (nSPS) is 32.5. The molecule has 1 unspecified atom stereocenters. The zero-order chi connectivity index (χ0) is 12.9. The predicted octanol–water partition coefficient (Wildman–Crippen LogP) is 2.54. The zero-order valence-electron chi connectivity index (χ0n) is 10.7. The van der Waals surface area contributed by atoms with Crippen LogP contribution < -0.4 is 5.32 Å². The third-order valence-corrected chi connectivity index (χ3v) is 4.09. The van der Waals surface area contributed by atoms with Gasteiger partial charge >= 0.3 is 6.18 Å². The van der Waals surface area contributed by atoms with Crippen molar-refractivity contribution in [2.75, 3.05) is 13.1 Å². The molecule has 1 N–H and O–H groups in total. The van der Waals surface area contributed by atoms with Crippen molar-refractivity contribution in [1.82, 2.24) is 10.2 Å². The van der Waals surface area contributed by atoms with Crippen LogP contribution in [0.5, 0.6) is 0 Å². The van der Waals surface area contributed by atoms with Gasteiger partial charge in [-0.2, -0.15) is 13.2 Å². The molecule has 5 heteroatoms. The van der Waals surface area contributed by atoms with Gasteiger partial charge in [0.2, 0.25) is 0 Å². The summed E-state index contributed by atoms with van der Waals surface area (Å²) in [6.45, 7) is 7.03. The highest BCUT2D eigenvalue weighted by Gasteiger charge is 2.68. The molecule has 1 saturated heterocycles. The van der Waals surface area contributed by atoms with Crippen molar-refractivity contribution >= 4 is 0 Å². The molecular weight excluding hydrogens is 229 g/mol. The Morgan fingerprint density at radius 2 is 1.88 bits per heavy atom. The summed E-state index contributed by atoms with van der Waals surface area (Å²) in [6.07, 6.45) is -2.79. The molecule has 1 aliphatic carbocycles. The quantitative estimate of drug-likeness (QED) is 0.810. The molecule has 1 atom stereocenters. The molecule has 2 fully saturated rings. The molecule has 0 amide bonds. The minimum atomic E-state index is -4.09. The van der Waals surface area contributed by atoms with E-state index in [4.69, 9.17) is 0 Å². The number of alkyl halides is 3. The first-order valence-electron chi connectivity index (χ1n) is 6.30. The van der Waals surface area contributed by atoms with Crippen LogP contribution in [0.2, 0.25) is 0 Å². The summed E-state index contributed by atoms with van der Waals surface area (Å²) in [6, 6.07) is 0.00662. The molecule has 100 valence electrons. The predicted molar refractivity (Wildman–Crippen MR) is 60.9 cm³/mol. The monoisotopic (exact) mass is 250 g/mol. The van der Waals surface area contributed by atoms with Gasteiger partial charge in [0.05, 0.1) is 0 Å². The molecule has 0 aromatic carbocycles. The van der Waals surface area contributed by atoms with Gasteiger partial charge in [0, 0.05) is 24.7 Å².